The normalized spacial score (nSPS) is 12.9. The minimum Gasteiger partial charge on any atom is -0.313 e. The lowest BCUT2D eigenvalue weighted by atomic mass is 10.1. The zero-order valence-corrected chi connectivity index (χ0v) is 12.1. The second-order valence-corrected chi connectivity index (χ2v) is 5.94. The van der Waals surface area contributed by atoms with Crippen LogP contribution in [0.3, 0.4) is 0 Å². The van der Waals surface area contributed by atoms with E-state index < -0.39 is 10.0 Å². The predicted octanol–water partition coefficient (Wildman–Crippen LogP) is 1.56. The molecule has 0 amide bonds. The fourth-order valence-corrected chi connectivity index (χ4v) is 2.66. The van der Waals surface area contributed by atoms with Crippen LogP contribution in [0.1, 0.15) is 18.5 Å². The zero-order valence-electron chi connectivity index (χ0n) is 11.2. The molecule has 0 aliphatic carbocycles. The lowest BCUT2D eigenvalue weighted by Crippen LogP contribution is -2.16. The van der Waals surface area contributed by atoms with Gasteiger partial charge in [0.05, 0.1) is 4.90 Å². The van der Waals surface area contributed by atoms with Crippen LogP contribution in [0.15, 0.2) is 47.6 Å². The van der Waals surface area contributed by atoms with Gasteiger partial charge in [-0.3, -0.25) is 0 Å². The standard InChI is InChI=1S/C13H16N4O2S/c1-10(14-2)11-5-3-6-12(9-11)20(18,19)17-13-15-7-4-8-16-13/h3-10,14H,1-2H3,(H,15,16,17). The number of anilines is 1. The average Bonchev–Trinajstić information content (AvgIpc) is 2.47. The first-order chi connectivity index (χ1) is 9.53. The van der Waals surface area contributed by atoms with Gasteiger partial charge < -0.3 is 5.32 Å². The lowest BCUT2D eigenvalue weighted by Gasteiger charge is -2.12. The van der Waals surface area contributed by atoms with Crippen molar-refractivity contribution in [2.75, 3.05) is 11.8 Å². The SMILES string of the molecule is CNC(C)c1cccc(S(=O)(=O)Nc2ncccn2)c1. The molecule has 0 aliphatic rings. The van der Waals surface area contributed by atoms with Crippen LogP contribution >= 0.6 is 0 Å². The molecule has 6 nitrogen and oxygen atoms in total. The van der Waals surface area contributed by atoms with Crippen molar-refractivity contribution >= 4 is 16.0 Å². The molecule has 106 valence electrons. The molecule has 1 heterocycles. The molecule has 0 saturated heterocycles. The van der Waals surface area contributed by atoms with E-state index in [4.69, 9.17) is 0 Å². The van der Waals surface area contributed by atoms with E-state index in [1.165, 1.54) is 18.5 Å². The number of hydrogen-bond acceptors (Lipinski definition) is 5. The van der Waals surface area contributed by atoms with E-state index in [9.17, 15) is 8.42 Å². The molecule has 2 rings (SSSR count). The van der Waals surface area contributed by atoms with Crippen molar-refractivity contribution in [3.63, 3.8) is 0 Å². The number of sulfonamides is 1. The van der Waals surface area contributed by atoms with Gasteiger partial charge in [-0.05, 0) is 37.7 Å². The van der Waals surface area contributed by atoms with E-state index in [0.29, 0.717) is 0 Å². The summed E-state index contributed by atoms with van der Waals surface area (Å²) in [6.07, 6.45) is 2.95. The second kappa shape index (κ2) is 5.98. The summed E-state index contributed by atoms with van der Waals surface area (Å²) in [5.41, 5.74) is 0.893. The van der Waals surface area contributed by atoms with Crippen LogP contribution in [-0.4, -0.2) is 25.4 Å². The smallest absolute Gasteiger partial charge is 0.264 e. The largest absolute Gasteiger partial charge is 0.313 e. The maximum absolute atomic E-state index is 12.3. The third-order valence-electron chi connectivity index (χ3n) is 2.89. The second-order valence-electron chi connectivity index (χ2n) is 4.26. The maximum Gasteiger partial charge on any atom is 0.264 e. The minimum absolute atomic E-state index is 0.0552. The summed E-state index contributed by atoms with van der Waals surface area (Å²) in [6.45, 7) is 1.96. The fraction of sp³-hybridized carbons (Fsp3) is 0.231. The highest BCUT2D eigenvalue weighted by Gasteiger charge is 2.16. The molecule has 0 bridgehead atoms. The molecule has 0 aliphatic heterocycles. The molecule has 0 saturated carbocycles. The van der Waals surface area contributed by atoms with Gasteiger partial charge in [0.15, 0.2) is 0 Å². The van der Waals surface area contributed by atoms with E-state index in [0.717, 1.165) is 5.56 Å². The summed E-state index contributed by atoms with van der Waals surface area (Å²) in [4.78, 5) is 7.88. The van der Waals surface area contributed by atoms with Crippen LogP contribution in [0.4, 0.5) is 5.95 Å². The van der Waals surface area contributed by atoms with Gasteiger partial charge in [0.2, 0.25) is 5.95 Å². The Kier molecular flexibility index (Phi) is 4.31. The number of nitrogens with one attached hydrogen (secondary N) is 2. The monoisotopic (exact) mass is 292 g/mol. The number of benzene rings is 1. The molecule has 0 radical (unpaired) electrons. The van der Waals surface area contributed by atoms with Gasteiger partial charge in [-0.1, -0.05) is 12.1 Å². The van der Waals surface area contributed by atoms with Crippen LogP contribution < -0.4 is 10.0 Å². The molecular weight excluding hydrogens is 276 g/mol. The molecule has 7 heteroatoms. The van der Waals surface area contributed by atoms with Gasteiger partial charge in [0, 0.05) is 18.4 Å². The van der Waals surface area contributed by atoms with Crippen molar-refractivity contribution in [3.05, 3.63) is 48.3 Å². The van der Waals surface area contributed by atoms with Gasteiger partial charge in [0.1, 0.15) is 0 Å². The topological polar surface area (TPSA) is 84.0 Å². The Labute approximate surface area is 118 Å². The van der Waals surface area contributed by atoms with E-state index in [1.54, 1.807) is 18.2 Å². The number of hydrogen-bond donors (Lipinski definition) is 2. The Hall–Kier alpha value is -1.99. The van der Waals surface area contributed by atoms with Crippen molar-refractivity contribution < 1.29 is 8.42 Å². The quantitative estimate of drug-likeness (QED) is 0.873. The molecule has 0 fully saturated rings. The van der Waals surface area contributed by atoms with E-state index in [2.05, 4.69) is 20.0 Å². The van der Waals surface area contributed by atoms with Crippen molar-refractivity contribution in [3.8, 4) is 0 Å². The summed E-state index contributed by atoms with van der Waals surface area (Å²) >= 11 is 0. The van der Waals surface area contributed by atoms with Gasteiger partial charge in [-0.2, -0.15) is 0 Å². The molecule has 1 aromatic heterocycles. The van der Waals surface area contributed by atoms with Gasteiger partial charge in [-0.15, -0.1) is 0 Å². The summed E-state index contributed by atoms with van der Waals surface area (Å²) in [5.74, 6) is 0.0552. The van der Waals surface area contributed by atoms with E-state index in [1.807, 2.05) is 20.0 Å². The van der Waals surface area contributed by atoms with Crippen LogP contribution in [0.2, 0.25) is 0 Å². The zero-order chi connectivity index (χ0) is 14.6. The fourth-order valence-electron chi connectivity index (χ4n) is 1.65. The average molecular weight is 292 g/mol. The first-order valence-electron chi connectivity index (χ1n) is 6.10. The van der Waals surface area contributed by atoms with Crippen molar-refractivity contribution in [2.45, 2.75) is 17.9 Å². The molecule has 2 N–H and O–H groups in total. The Balaban J connectivity index is 2.30. The van der Waals surface area contributed by atoms with Crippen molar-refractivity contribution in [1.29, 1.82) is 0 Å². The van der Waals surface area contributed by atoms with Crippen LogP contribution in [0.5, 0.6) is 0 Å². The van der Waals surface area contributed by atoms with Crippen molar-refractivity contribution in [1.82, 2.24) is 15.3 Å². The highest BCUT2D eigenvalue weighted by molar-refractivity contribution is 7.92. The minimum atomic E-state index is -3.68. The number of rotatable bonds is 5. The predicted molar refractivity (Wildman–Crippen MR) is 76.8 cm³/mol. The number of nitrogens with zero attached hydrogens (tertiary/aromatic N) is 2. The summed E-state index contributed by atoms with van der Waals surface area (Å²) in [7, 11) is -1.86. The van der Waals surface area contributed by atoms with Gasteiger partial charge >= 0.3 is 0 Å². The lowest BCUT2D eigenvalue weighted by molar-refractivity contribution is 0.599. The van der Waals surface area contributed by atoms with Crippen LogP contribution in [0.25, 0.3) is 0 Å². The Morgan fingerprint density at radius 1 is 1.15 bits per heavy atom. The first kappa shape index (κ1) is 14.4. The van der Waals surface area contributed by atoms with Gasteiger partial charge in [0.25, 0.3) is 10.0 Å². The van der Waals surface area contributed by atoms with Gasteiger partial charge in [-0.25, -0.2) is 23.1 Å². The number of aromatic nitrogens is 2. The van der Waals surface area contributed by atoms with E-state index in [-0.39, 0.29) is 16.9 Å². The third-order valence-corrected chi connectivity index (χ3v) is 4.22. The maximum atomic E-state index is 12.3. The molecule has 1 unspecified atom stereocenters. The first-order valence-corrected chi connectivity index (χ1v) is 7.58. The molecule has 1 aromatic carbocycles. The molecule has 20 heavy (non-hydrogen) atoms. The van der Waals surface area contributed by atoms with E-state index >= 15 is 0 Å². The molecule has 2 aromatic rings. The highest BCUT2D eigenvalue weighted by Crippen LogP contribution is 2.18. The Bertz CT molecular complexity index is 674. The van der Waals surface area contributed by atoms with Crippen LogP contribution in [-0.2, 0) is 10.0 Å². The summed E-state index contributed by atoms with van der Waals surface area (Å²) in [6, 6.07) is 8.44. The summed E-state index contributed by atoms with van der Waals surface area (Å²) in [5, 5.41) is 3.07. The Morgan fingerprint density at radius 2 is 1.85 bits per heavy atom. The van der Waals surface area contributed by atoms with Crippen molar-refractivity contribution in [2.24, 2.45) is 0 Å². The Morgan fingerprint density at radius 3 is 2.50 bits per heavy atom. The molecular formula is C13H16N4O2S. The highest BCUT2D eigenvalue weighted by atomic mass is 32.2. The molecule has 0 spiro atoms. The third kappa shape index (κ3) is 3.31. The summed E-state index contributed by atoms with van der Waals surface area (Å²) < 4.78 is 26.9. The molecule has 1 atom stereocenters. The van der Waals surface area contributed by atoms with Crippen LogP contribution in [0, 0.1) is 0 Å².